The molecule has 2 aliphatic heterocycles. The number of carbonyl (C=O) groups is 2. The van der Waals surface area contributed by atoms with E-state index in [0.29, 0.717) is 73.4 Å². The van der Waals surface area contributed by atoms with E-state index in [1.54, 1.807) is 16.4 Å². The van der Waals surface area contributed by atoms with Gasteiger partial charge in [-0.3, -0.25) is 14.4 Å². The summed E-state index contributed by atoms with van der Waals surface area (Å²) in [6.45, 7) is 7.01. The number of nitrogens with zero attached hydrogens (tertiary/aromatic N) is 8. The summed E-state index contributed by atoms with van der Waals surface area (Å²) in [6, 6.07) is 9.59. The van der Waals surface area contributed by atoms with Crippen LogP contribution in [0.4, 0.5) is 14.5 Å². The van der Waals surface area contributed by atoms with Crippen LogP contribution in [0, 0.1) is 12.3 Å². The summed E-state index contributed by atoms with van der Waals surface area (Å²) in [6.07, 6.45) is 4.58. The first-order chi connectivity index (χ1) is 26.0. The molecule has 3 aliphatic carbocycles. The first-order valence-electron chi connectivity index (χ1n) is 18.2. The normalized spacial score (nSPS) is 18.8. The highest BCUT2D eigenvalue weighted by Gasteiger charge is 2.66. The molecule has 0 spiro atoms. The minimum atomic E-state index is -3.14. The van der Waals surface area contributed by atoms with Gasteiger partial charge in [0.2, 0.25) is 11.7 Å². The van der Waals surface area contributed by atoms with E-state index in [1.165, 1.54) is 17.8 Å². The van der Waals surface area contributed by atoms with Crippen molar-refractivity contribution in [1.82, 2.24) is 39.3 Å². The summed E-state index contributed by atoms with van der Waals surface area (Å²) in [5.41, 5.74) is 1.92. The number of allylic oxidation sites excluding steroid dienone is 2. The van der Waals surface area contributed by atoms with Gasteiger partial charge in [-0.2, -0.15) is 18.3 Å². The molecule has 3 aromatic heterocycles. The van der Waals surface area contributed by atoms with Crippen LogP contribution in [-0.2, 0) is 29.1 Å². The Balaban J connectivity index is 1.08. The third-order valence-corrected chi connectivity index (χ3v) is 10.9. The molecule has 2 amide bonds. The number of aryl methyl sites for hydroxylation is 1. The molecule has 0 radical (unpaired) electrons. The van der Waals surface area contributed by atoms with Gasteiger partial charge in [0.05, 0.1) is 30.3 Å². The van der Waals surface area contributed by atoms with E-state index in [0.717, 1.165) is 11.1 Å². The molecular weight excluding hydrogens is 700 g/mol. The van der Waals surface area contributed by atoms with Crippen LogP contribution >= 0.6 is 0 Å². The van der Waals surface area contributed by atoms with Crippen LogP contribution < -0.4 is 20.5 Å². The number of piperazine rings is 1. The molecule has 1 saturated heterocycles. The van der Waals surface area contributed by atoms with Gasteiger partial charge >= 0.3 is 0 Å². The summed E-state index contributed by atoms with van der Waals surface area (Å²) < 4.78 is 44.8. The molecule has 5 heterocycles. The summed E-state index contributed by atoms with van der Waals surface area (Å²) in [4.78, 5) is 58.6. The molecule has 1 saturated carbocycles. The number of halogens is 2. The molecule has 4 aromatic rings. The fourth-order valence-corrected chi connectivity index (χ4v) is 7.90. The molecule has 2 fully saturated rings. The zero-order valence-corrected chi connectivity index (χ0v) is 30.4. The summed E-state index contributed by atoms with van der Waals surface area (Å²) in [7, 11) is 0. The standard InChI is InChI=1S/C38H41F2N9O5/c1-4-27-30(46-12-14-47(15-13-46)34(51)29-31(23(2)41-22-42-29)54-21-24-8-6-5-7-9-24)35(52)49-36(44-33(45-49)25-10-16-53-17-11-25)48(27)20-28(50)43-32-26-18-37(3,19-26)38(32,39)40/h5-10,22H,4,11-21H2,1-3H3,(H,43,50). The van der Waals surface area contributed by atoms with E-state index in [2.05, 4.69) is 20.4 Å². The average molecular weight is 742 g/mol. The van der Waals surface area contributed by atoms with Gasteiger partial charge in [-0.1, -0.05) is 50.3 Å². The number of rotatable bonds is 10. The predicted octanol–water partition coefficient (Wildman–Crippen LogP) is 3.72. The maximum Gasteiger partial charge on any atom is 0.299 e. The number of nitrogens with one attached hydrogen (secondary N) is 1. The Bertz CT molecular complexity index is 2270. The first-order valence-corrected chi connectivity index (χ1v) is 18.2. The second kappa shape index (κ2) is 13.7. The highest BCUT2D eigenvalue weighted by atomic mass is 19.3. The van der Waals surface area contributed by atoms with Crippen LogP contribution in [0.2, 0.25) is 0 Å². The molecule has 16 heteroatoms. The fourth-order valence-electron chi connectivity index (χ4n) is 7.90. The maximum absolute atomic E-state index is 15.2. The van der Waals surface area contributed by atoms with Gasteiger partial charge in [-0.15, -0.1) is 5.10 Å². The molecule has 1 N–H and O–H groups in total. The quantitative estimate of drug-likeness (QED) is 0.255. The topological polar surface area (TPSA) is 149 Å². The number of benzene rings is 1. The number of ether oxygens (including phenoxy) is 2. The van der Waals surface area contributed by atoms with Gasteiger partial charge in [0.1, 0.15) is 25.2 Å². The van der Waals surface area contributed by atoms with Crippen molar-refractivity contribution in [2.45, 2.75) is 65.5 Å². The van der Waals surface area contributed by atoms with Gasteiger partial charge in [0.25, 0.3) is 17.4 Å². The summed E-state index contributed by atoms with van der Waals surface area (Å²) in [5.74, 6) is -3.31. The van der Waals surface area contributed by atoms with E-state index in [-0.39, 0.29) is 62.2 Å². The second-order valence-electron chi connectivity index (χ2n) is 14.4. The van der Waals surface area contributed by atoms with E-state index >= 15 is 8.78 Å². The monoisotopic (exact) mass is 741 g/mol. The van der Waals surface area contributed by atoms with Crippen LogP contribution in [0.3, 0.4) is 0 Å². The Morgan fingerprint density at radius 3 is 2.50 bits per heavy atom. The number of hydrogen-bond donors (Lipinski definition) is 1. The van der Waals surface area contributed by atoms with Crippen LogP contribution in [0.5, 0.6) is 5.75 Å². The van der Waals surface area contributed by atoms with Crippen molar-refractivity contribution < 1.29 is 27.8 Å². The molecule has 14 nitrogen and oxygen atoms in total. The molecule has 9 rings (SSSR count). The number of carbonyl (C=O) groups excluding carboxylic acids is 2. The van der Waals surface area contributed by atoms with Gasteiger partial charge < -0.3 is 29.2 Å². The van der Waals surface area contributed by atoms with Crippen molar-refractivity contribution in [1.29, 1.82) is 0 Å². The molecule has 54 heavy (non-hydrogen) atoms. The Kier molecular flexibility index (Phi) is 9.02. The Labute approximate surface area is 309 Å². The highest BCUT2D eigenvalue weighted by molar-refractivity contribution is 5.95. The molecule has 2 bridgehead atoms. The third kappa shape index (κ3) is 6.01. The zero-order chi connectivity index (χ0) is 37.8. The molecule has 282 valence electrons. The number of alkyl halides is 2. The first kappa shape index (κ1) is 35.5. The van der Waals surface area contributed by atoms with Crippen molar-refractivity contribution >= 4 is 28.9 Å². The fraction of sp³-hybridized carbons (Fsp3) is 0.447. The van der Waals surface area contributed by atoms with Crippen LogP contribution in [0.25, 0.3) is 11.4 Å². The van der Waals surface area contributed by atoms with Crippen molar-refractivity contribution in [2.24, 2.45) is 5.41 Å². The molecular formula is C38H41F2N9O5. The largest absolute Gasteiger partial charge is 0.485 e. The smallest absolute Gasteiger partial charge is 0.299 e. The Hall–Kier alpha value is -5.51. The van der Waals surface area contributed by atoms with Gasteiger partial charge in [-0.25, -0.2) is 9.97 Å². The lowest BCUT2D eigenvalue weighted by Gasteiger charge is -2.36. The second-order valence-corrected chi connectivity index (χ2v) is 14.4. The van der Waals surface area contributed by atoms with Gasteiger partial charge in [-0.05, 0) is 49.3 Å². The van der Waals surface area contributed by atoms with E-state index in [1.807, 2.05) is 48.2 Å². The maximum atomic E-state index is 15.2. The van der Waals surface area contributed by atoms with E-state index < -0.39 is 22.8 Å². The Morgan fingerprint density at radius 2 is 1.83 bits per heavy atom. The number of hydrogen-bond acceptors (Lipinski definition) is 10. The lowest BCUT2D eigenvalue weighted by atomic mass is 9.71. The van der Waals surface area contributed by atoms with E-state index in [9.17, 15) is 14.4 Å². The molecule has 1 aromatic carbocycles. The Morgan fingerprint density at radius 1 is 1.07 bits per heavy atom. The van der Waals surface area contributed by atoms with Gasteiger partial charge in [0, 0.05) is 31.6 Å². The van der Waals surface area contributed by atoms with Crippen LogP contribution in [0.15, 0.2) is 58.8 Å². The third-order valence-electron chi connectivity index (χ3n) is 10.9. The SMILES string of the molecule is CCc1c(N2CCN(C(=O)c3ncnc(C)c3OCc3ccccc3)CC2)c(=O)n2nc(C3=CCOCC3)nc2n1CC(=O)NC1=C2CC(C)(C2)C1(F)F. The van der Waals surface area contributed by atoms with Crippen LogP contribution in [0.1, 0.15) is 66.4 Å². The zero-order valence-electron chi connectivity index (χ0n) is 30.4. The highest BCUT2D eigenvalue weighted by Crippen LogP contribution is 2.65. The van der Waals surface area contributed by atoms with Crippen molar-refractivity contribution in [3.63, 3.8) is 0 Å². The molecule has 0 atom stereocenters. The molecule has 5 aliphatic rings. The summed E-state index contributed by atoms with van der Waals surface area (Å²) in [5, 5.41) is 7.12. The predicted molar refractivity (Wildman–Crippen MR) is 193 cm³/mol. The number of anilines is 1. The average Bonchev–Trinajstić information content (AvgIpc) is 3.75. The lowest BCUT2D eigenvalue weighted by Crippen LogP contribution is -2.51. The van der Waals surface area contributed by atoms with Gasteiger partial charge in [0.15, 0.2) is 17.3 Å². The van der Waals surface area contributed by atoms with Crippen molar-refractivity contribution in [3.05, 3.63) is 92.8 Å². The summed E-state index contributed by atoms with van der Waals surface area (Å²) >= 11 is 0. The number of fused-ring (bicyclic) bond motifs is 2. The van der Waals surface area contributed by atoms with Crippen molar-refractivity contribution in [2.75, 3.05) is 44.3 Å². The number of aromatic nitrogens is 6. The number of amides is 2. The minimum absolute atomic E-state index is 0.140. The van der Waals surface area contributed by atoms with E-state index in [4.69, 9.17) is 14.5 Å². The molecule has 0 unspecified atom stereocenters. The minimum Gasteiger partial charge on any atom is -0.485 e. The van der Waals surface area contributed by atoms with Crippen LogP contribution in [-0.4, -0.2) is 91.2 Å². The lowest BCUT2D eigenvalue weighted by molar-refractivity contribution is -0.123. The van der Waals surface area contributed by atoms with Crippen molar-refractivity contribution in [3.8, 4) is 5.75 Å².